The van der Waals surface area contributed by atoms with Crippen LogP contribution in [0.15, 0.2) is 71.2 Å². The number of hydrogen-bond acceptors (Lipinski definition) is 5. The molecule has 1 atom stereocenters. The normalized spacial score (nSPS) is 16.1. The highest BCUT2D eigenvalue weighted by Crippen LogP contribution is 2.45. The lowest BCUT2D eigenvalue weighted by Crippen LogP contribution is -2.21. The molecule has 1 aromatic heterocycles. The number of nitrogens with one attached hydrogen (secondary N) is 1. The molecule has 3 N–H and O–H groups in total. The molecule has 4 rings (SSSR count). The van der Waals surface area contributed by atoms with Crippen molar-refractivity contribution in [2.75, 3.05) is 0 Å². The summed E-state index contributed by atoms with van der Waals surface area (Å²) in [5.41, 5.74) is 5.18. The Hall–Kier alpha value is -3.40. The van der Waals surface area contributed by atoms with Gasteiger partial charge in [-0.25, -0.2) is 10.8 Å². The minimum Gasteiger partial charge on any atom is -0.435 e. The van der Waals surface area contributed by atoms with Crippen LogP contribution in [0.4, 0.5) is 0 Å². The van der Waals surface area contributed by atoms with E-state index in [9.17, 15) is 5.26 Å². The van der Waals surface area contributed by atoms with E-state index in [0.29, 0.717) is 21.9 Å². The van der Waals surface area contributed by atoms with Gasteiger partial charge in [-0.05, 0) is 23.8 Å². The van der Waals surface area contributed by atoms with E-state index in [1.807, 2.05) is 36.4 Å². The fraction of sp³-hybridized carbons (Fsp3) is 0.0500. The summed E-state index contributed by atoms with van der Waals surface area (Å²) in [4.78, 5) is 8.63. The molecule has 2 heterocycles. The molecule has 1 unspecified atom stereocenters. The van der Waals surface area contributed by atoms with Crippen LogP contribution in [-0.2, 0) is 0 Å². The van der Waals surface area contributed by atoms with E-state index in [4.69, 9.17) is 22.2 Å². The van der Waals surface area contributed by atoms with Gasteiger partial charge in [-0.3, -0.25) is 4.98 Å². The van der Waals surface area contributed by atoms with E-state index in [2.05, 4.69) is 21.5 Å². The Balaban J connectivity index is 2.00. The summed E-state index contributed by atoms with van der Waals surface area (Å²) in [7, 11) is 0. The van der Waals surface area contributed by atoms with Crippen molar-refractivity contribution in [2.45, 2.75) is 5.92 Å². The number of nitriles is 1. The van der Waals surface area contributed by atoms with Crippen molar-refractivity contribution >= 4 is 28.8 Å². The van der Waals surface area contributed by atoms with Gasteiger partial charge in [-0.15, -0.1) is 0 Å². The molecule has 0 saturated heterocycles. The fourth-order valence-electron chi connectivity index (χ4n) is 3.20. The smallest absolute Gasteiger partial charge is 0.235 e. The standard InChI is InChI=1S/C20H14ClN5O/c21-14-6-3-12(4-7-14)17-15-8-5-13-2-1-9-24-18(13)19(15)27-20(16(17)10-22)25-11-26-23/h1-9,11,17H,23H2,(H,25,26). The molecule has 0 amide bonds. The van der Waals surface area contributed by atoms with Gasteiger partial charge in [0.2, 0.25) is 5.88 Å². The van der Waals surface area contributed by atoms with E-state index in [-0.39, 0.29) is 11.8 Å². The number of pyridine rings is 1. The Morgan fingerprint density at radius 1 is 1.22 bits per heavy atom. The predicted octanol–water partition coefficient (Wildman–Crippen LogP) is 3.64. The van der Waals surface area contributed by atoms with Crippen molar-refractivity contribution in [3.05, 3.63) is 82.3 Å². The monoisotopic (exact) mass is 375 g/mol. The maximum atomic E-state index is 9.83. The molecule has 0 bridgehead atoms. The van der Waals surface area contributed by atoms with Crippen molar-refractivity contribution in [1.82, 2.24) is 10.4 Å². The van der Waals surface area contributed by atoms with Crippen LogP contribution in [0.2, 0.25) is 5.02 Å². The van der Waals surface area contributed by atoms with Crippen LogP contribution in [0.5, 0.6) is 5.75 Å². The Morgan fingerprint density at radius 3 is 2.78 bits per heavy atom. The molecular formula is C20H14ClN5O. The molecule has 0 fully saturated rings. The van der Waals surface area contributed by atoms with Crippen LogP contribution in [0.3, 0.4) is 0 Å². The molecule has 1 aliphatic heterocycles. The third-order valence-electron chi connectivity index (χ3n) is 4.37. The Bertz CT molecular complexity index is 1120. The lowest BCUT2D eigenvalue weighted by atomic mass is 9.83. The van der Waals surface area contributed by atoms with Gasteiger partial charge in [0.15, 0.2) is 5.75 Å². The van der Waals surface area contributed by atoms with Crippen molar-refractivity contribution in [3.63, 3.8) is 0 Å². The van der Waals surface area contributed by atoms with Gasteiger partial charge in [-0.2, -0.15) is 5.26 Å². The first kappa shape index (κ1) is 17.0. The van der Waals surface area contributed by atoms with Crippen LogP contribution in [0.25, 0.3) is 10.9 Å². The number of hydrazine groups is 1. The highest BCUT2D eigenvalue weighted by molar-refractivity contribution is 6.30. The van der Waals surface area contributed by atoms with E-state index in [1.54, 1.807) is 18.3 Å². The number of nitrogens with zero attached hydrogens (tertiary/aromatic N) is 3. The number of hydrogen-bond donors (Lipinski definition) is 2. The highest BCUT2D eigenvalue weighted by Gasteiger charge is 2.33. The number of aliphatic imine (C=N–C) groups is 1. The van der Waals surface area contributed by atoms with Gasteiger partial charge in [0.05, 0.1) is 5.92 Å². The third-order valence-corrected chi connectivity index (χ3v) is 4.62. The molecule has 2 aromatic carbocycles. The van der Waals surface area contributed by atoms with Gasteiger partial charge >= 0.3 is 0 Å². The first-order valence-electron chi connectivity index (χ1n) is 8.17. The SMILES string of the molecule is N#CC1=C(N=CNN)Oc2c(ccc3cccnc23)C1c1ccc(Cl)cc1. The van der Waals surface area contributed by atoms with E-state index in [0.717, 1.165) is 16.5 Å². The highest BCUT2D eigenvalue weighted by atomic mass is 35.5. The topological polar surface area (TPSA) is 96.3 Å². The third kappa shape index (κ3) is 2.99. The zero-order chi connectivity index (χ0) is 18.8. The molecule has 6 nitrogen and oxygen atoms in total. The number of aromatic nitrogens is 1. The van der Waals surface area contributed by atoms with E-state index < -0.39 is 0 Å². The summed E-state index contributed by atoms with van der Waals surface area (Å²) in [5.74, 6) is 5.70. The number of nitrogens with two attached hydrogens (primary N) is 1. The summed E-state index contributed by atoms with van der Waals surface area (Å²) >= 11 is 6.04. The largest absolute Gasteiger partial charge is 0.435 e. The summed E-state index contributed by atoms with van der Waals surface area (Å²) < 4.78 is 6.00. The zero-order valence-corrected chi connectivity index (χ0v) is 14.8. The first-order chi connectivity index (χ1) is 13.2. The Morgan fingerprint density at radius 2 is 2.04 bits per heavy atom. The first-order valence-corrected chi connectivity index (χ1v) is 8.54. The van der Waals surface area contributed by atoms with Crippen LogP contribution in [0.1, 0.15) is 17.0 Å². The number of allylic oxidation sites excluding steroid dienone is 1. The van der Waals surface area contributed by atoms with Crippen molar-refractivity contribution < 1.29 is 4.74 Å². The van der Waals surface area contributed by atoms with Crippen molar-refractivity contribution in [1.29, 1.82) is 5.26 Å². The van der Waals surface area contributed by atoms with Crippen LogP contribution < -0.4 is 16.0 Å². The zero-order valence-electron chi connectivity index (χ0n) is 14.1. The second-order valence-electron chi connectivity index (χ2n) is 5.90. The second-order valence-corrected chi connectivity index (χ2v) is 6.34. The lowest BCUT2D eigenvalue weighted by molar-refractivity contribution is 0.399. The number of rotatable bonds is 3. The Kier molecular flexibility index (Phi) is 4.47. The molecule has 3 aromatic rings. The van der Waals surface area contributed by atoms with Gasteiger partial charge in [0.25, 0.3) is 0 Å². The van der Waals surface area contributed by atoms with Crippen LogP contribution in [0, 0.1) is 11.3 Å². The van der Waals surface area contributed by atoms with Gasteiger partial charge in [-0.1, -0.05) is 41.9 Å². The number of fused-ring (bicyclic) bond motifs is 3. The summed E-state index contributed by atoms with van der Waals surface area (Å²) in [6.07, 6.45) is 2.98. The molecule has 0 aliphatic carbocycles. The minimum absolute atomic E-state index is 0.182. The van der Waals surface area contributed by atoms with Crippen molar-refractivity contribution in [2.24, 2.45) is 10.8 Å². The Labute approximate surface area is 160 Å². The molecule has 0 radical (unpaired) electrons. The molecule has 132 valence electrons. The quantitative estimate of drug-likeness (QED) is 0.315. The maximum absolute atomic E-state index is 9.83. The number of benzene rings is 2. The van der Waals surface area contributed by atoms with Crippen molar-refractivity contribution in [3.8, 4) is 11.8 Å². The molecule has 0 saturated carbocycles. The number of ether oxygens (including phenoxy) is 1. The average molecular weight is 376 g/mol. The van der Waals surface area contributed by atoms with Gasteiger partial charge in [0, 0.05) is 22.2 Å². The average Bonchev–Trinajstić information content (AvgIpc) is 2.71. The van der Waals surface area contributed by atoms with E-state index in [1.165, 1.54) is 6.34 Å². The second kappa shape index (κ2) is 7.08. The van der Waals surface area contributed by atoms with E-state index >= 15 is 0 Å². The molecular weight excluding hydrogens is 362 g/mol. The van der Waals surface area contributed by atoms with Crippen LogP contribution >= 0.6 is 11.6 Å². The summed E-state index contributed by atoms with van der Waals surface area (Å²) in [6, 6.07) is 17.4. The van der Waals surface area contributed by atoms with Gasteiger partial charge < -0.3 is 10.2 Å². The molecule has 7 heteroatoms. The summed E-state index contributed by atoms with van der Waals surface area (Å²) in [6.45, 7) is 0. The summed E-state index contributed by atoms with van der Waals surface area (Å²) in [5, 5.41) is 11.4. The minimum atomic E-state index is -0.354. The maximum Gasteiger partial charge on any atom is 0.235 e. The lowest BCUT2D eigenvalue weighted by Gasteiger charge is -2.27. The fourth-order valence-corrected chi connectivity index (χ4v) is 3.33. The molecule has 27 heavy (non-hydrogen) atoms. The van der Waals surface area contributed by atoms with Gasteiger partial charge in [0.1, 0.15) is 23.5 Å². The predicted molar refractivity (Wildman–Crippen MR) is 104 cm³/mol. The number of halogens is 1. The van der Waals surface area contributed by atoms with Crippen LogP contribution in [-0.4, -0.2) is 11.3 Å². The molecule has 1 aliphatic rings. The molecule has 0 spiro atoms.